The lowest BCUT2D eigenvalue weighted by Gasteiger charge is -2.34. The van der Waals surface area contributed by atoms with E-state index in [4.69, 9.17) is 14.0 Å². The number of benzene rings is 2. The molecule has 43 heavy (non-hydrogen) atoms. The van der Waals surface area contributed by atoms with E-state index in [0.29, 0.717) is 42.8 Å². The number of aromatic nitrogens is 1. The van der Waals surface area contributed by atoms with Crippen LogP contribution in [0.3, 0.4) is 0 Å². The zero-order valence-electron chi connectivity index (χ0n) is 24.3. The Kier molecular flexibility index (Phi) is 6.00. The van der Waals surface area contributed by atoms with E-state index in [1.165, 1.54) is 38.3 Å². The molecule has 226 valence electrons. The average Bonchev–Trinajstić information content (AvgIpc) is 3.87. The second-order valence-electron chi connectivity index (χ2n) is 12.5. The Bertz CT molecular complexity index is 1720. The van der Waals surface area contributed by atoms with Gasteiger partial charge in [0.1, 0.15) is 11.5 Å². The van der Waals surface area contributed by atoms with Gasteiger partial charge in [-0.15, -0.1) is 0 Å². The molecule has 1 aromatic heterocycles. The van der Waals surface area contributed by atoms with E-state index in [0.717, 1.165) is 55.7 Å². The van der Waals surface area contributed by atoms with Crippen LogP contribution in [-0.2, 0) is 21.9 Å². The monoisotopic (exact) mass is 605 g/mol. The molecule has 12 heteroatoms. The average molecular weight is 606 g/mol. The van der Waals surface area contributed by atoms with Gasteiger partial charge in [0, 0.05) is 66.6 Å². The number of hydrogen-bond acceptors (Lipinski definition) is 9. The first-order valence-electron chi connectivity index (χ1n) is 15.0. The molecule has 2 aromatic carbocycles. The van der Waals surface area contributed by atoms with Crippen LogP contribution < -0.4 is 24.4 Å². The van der Waals surface area contributed by atoms with Crippen molar-refractivity contribution in [2.75, 3.05) is 56.6 Å². The first-order chi connectivity index (χ1) is 20.8. The molecule has 2 N–H and O–H groups in total. The molecule has 1 amide bonds. The summed E-state index contributed by atoms with van der Waals surface area (Å²) in [5.41, 5.74) is 4.42. The summed E-state index contributed by atoms with van der Waals surface area (Å²) in [5, 5.41) is 7.67. The summed E-state index contributed by atoms with van der Waals surface area (Å²) in [6.07, 6.45) is 4.96. The highest BCUT2D eigenvalue weighted by Crippen LogP contribution is 2.59. The number of anilines is 2. The van der Waals surface area contributed by atoms with Crippen molar-refractivity contribution < 1.29 is 27.2 Å². The molecular weight excluding hydrogens is 570 g/mol. The fraction of sp³-hybridized carbons (Fsp3) is 0.484. The quantitative estimate of drug-likeness (QED) is 0.417. The number of sulfonamides is 1. The van der Waals surface area contributed by atoms with E-state index in [1.54, 1.807) is 0 Å². The van der Waals surface area contributed by atoms with E-state index in [9.17, 15) is 13.2 Å². The fourth-order valence-corrected chi connectivity index (χ4v) is 8.35. The van der Waals surface area contributed by atoms with Gasteiger partial charge in [0.25, 0.3) is 15.9 Å². The molecule has 5 aliphatic rings. The van der Waals surface area contributed by atoms with Crippen LogP contribution in [-0.4, -0.2) is 77.4 Å². The number of nitrogens with one attached hydrogen (secondary N) is 2. The van der Waals surface area contributed by atoms with Gasteiger partial charge in [-0.3, -0.25) is 9.52 Å². The highest BCUT2D eigenvalue weighted by Gasteiger charge is 2.51. The van der Waals surface area contributed by atoms with Crippen molar-refractivity contribution in [1.29, 1.82) is 0 Å². The molecule has 11 nitrogen and oxygen atoms in total. The predicted molar refractivity (Wildman–Crippen MR) is 160 cm³/mol. The first-order valence-corrected chi connectivity index (χ1v) is 16.5. The summed E-state index contributed by atoms with van der Waals surface area (Å²) in [5.74, 6) is 1.09. The van der Waals surface area contributed by atoms with E-state index in [1.807, 2.05) is 4.90 Å². The van der Waals surface area contributed by atoms with Crippen LogP contribution in [0.1, 0.15) is 47.2 Å². The molecule has 3 aliphatic carbocycles. The maximum Gasteiger partial charge on any atom is 0.270 e. The Morgan fingerprint density at radius 3 is 2.56 bits per heavy atom. The number of methoxy groups -OCH3 is 2. The summed E-state index contributed by atoms with van der Waals surface area (Å²) in [7, 11) is -1.49. The smallest absolute Gasteiger partial charge is 0.270 e. The van der Waals surface area contributed by atoms with Crippen LogP contribution >= 0.6 is 0 Å². The third kappa shape index (κ3) is 4.36. The molecule has 2 saturated heterocycles. The number of carbonyl (C=O) groups excluding carboxylic acids is 1. The van der Waals surface area contributed by atoms with E-state index in [2.05, 4.69) is 38.3 Å². The lowest BCUT2D eigenvalue weighted by atomic mass is 9.79. The van der Waals surface area contributed by atoms with Gasteiger partial charge in [0.15, 0.2) is 16.5 Å². The Labute approximate surface area is 250 Å². The van der Waals surface area contributed by atoms with Gasteiger partial charge in [-0.1, -0.05) is 11.2 Å². The number of fused-ring (bicyclic) bond motifs is 5. The Hall–Kier alpha value is -3.77. The Balaban J connectivity index is 1.13. The second-order valence-corrected chi connectivity index (χ2v) is 14.1. The molecule has 3 aromatic rings. The van der Waals surface area contributed by atoms with Gasteiger partial charge in [-0.05, 0) is 67.9 Å². The minimum absolute atomic E-state index is 0.0213. The minimum Gasteiger partial charge on any atom is -0.495 e. The van der Waals surface area contributed by atoms with Crippen molar-refractivity contribution in [1.82, 2.24) is 15.4 Å². The van der Waals surface area contributed by atoms with Crippen LogP contribution in [0.4, 0.5) is 11.5 Å². The van der Waals surface area contributed by atoms with Crippen molar-refractivity contribution in [3.63, 3.8) is 0 Å². The fourth-order valence-electron chi connectivity index (χ4n) is 7.02. The number of carbonyl (C=O) groups is 1. The Morgan fingerprint density at radius 1 is 1.12 bits per heavy atom. The van der Waals surface area contributed by atoms with E-state index >= 15 is 0 Å². The topological polar surface area (TPSA) is 126 Å². The molecule has 3 heterocycles. The summed E-state index contributed by atoms with van der Waals surface area (Å²) < 4.78 is 47.6. The molecule has 0 bridgehead atoms. The first kappa shape index (κ1) is 26.8. The lowest BCUT2D eigenvalue weighted by Crippen LogP contribution is -2.37. The molecule has 2 aliphatic heterocycles. The van der Waals surface area contributed by atoms with Crippen LogP contribution in [0.5, 0.6) is 11.5 Å². The highest BCUT2D eigenvalue weighted by molar-refractivity contribution is 7.93. The van der Waals surface area contributed by atoms with Crippen molar-refractivity contribution in [3.05, 3.63) is 47.0 Å². The standard InChI is InChI=1S/C31H35N5O6S/c1-40-25-13-18(30(37)36-11-8-32-24-12-19(24)17-36)14-26(41-2)28(25)43(38,39)34-29-22-16-31(6-7-31)23-5-4-20(35-9-3-10-35)15-21(23)27(22)42-33-29/h4-5,13-15,19,24,32H,3,6-12,16-17H2,1-2H3,(H,33,34). The van der Waals surface area contributed by atoms with Crippen LogP contribution in [0.15, 0.2) is 39.8 Å². The Morgan fingerprint density at radius 2 is 1.88 bits per heavy atom. The van der Waals surface area contributed by atoms with Gasteiger partial charge < -0.3 is 29.1 Å². The summed E-state index contributed by atoms with van der Waals surface area (Å²) in [6, 6.07) is 9.98. The maximum absolute atomic E-state index is 14.0. The predicted octanol–water partition coefficient (Wildman–Crippen LogP) is 3.39. The number of hydrogen-bond donors (Lipinski definition) is 2. The maximum atomic E-state index is 14.0. The summed E-state index contributed by atoms with van der Waals surface area (Å²) in [4.78, 5) is 17.4. The SMILES string of the molecule is COc1cc(C(=O)N2CCNC3CC3C2)cc(OC)c1S(=O)(=O)Nc1noc2c1CC1(CC1)c1ccc(N3CCC3)cc1-2. The largest absolute Gasteiger partial charge is 0.495 e. The summed E-state index contributed by atoms with van der Waals surface area (Å²) >= 11 is 0. The zero-order valence-corrected chi connectivity index (χ0v) is 25.1. The van der Waals surface area contributed by atoms with E-state index < -0.39 is 10.0 Å². The van der Waals surface area contributed by atoms with Gasteiger partial charge in [0.2, 0.25) is 0 Å². The normalized spacial score (nSPS) is 22.9. The van der Waals surface area contributed by atoms with Crippen molar-refractivity contribution in [3.8, 4) is 22.8 Å². The van der Waals surface area contributed by atoms with Crippen LogP contribution in [0.25, 0.3) is 11.3 Å². The van der Waals surface area contributed by atoms with Crippen molar-refractivity contribution >= 4 is 27.4 Å². The summed E-state index contributed by atoms with van der Waals surface area (Å²) in [6.45, 7) is 4.04. The second kappa shape index (κ2) is 9.62. The third-order valence-corrected chi connectivity index (χ3v) is 11.3. The third-order valence-electron chi connectivity index (χ3n) is 9.86. The van der Waals surface area contributed by atoms with Crippen LogP contribution in [0.2, 0.25) is 0 Å². The van der Waals surface area contributed by atoms with Gasteiger partial charge in [0.05, 0.1) is 14.2 Å². The molecule has 2 atom stereocenters. The molecule has 2 saturated carbocycles. The molecule has 1 spiro atoms. The molecule has 2 unspecified atom stereocenters. The molecular formula is C31H35N5O6S. The number of rotatable bonds is 7. The van der Waals surface area contributed by atoms with Crippen LogP contribution in [0, 0.1) is 5.92 Å². The zero-order chi connectivity index (χ0) is 29.5. The van der Waals surface area contributed by atoms with Gasteiger partial charge >= 0.3 is 0 Å². The van der Waals surface area contributed by atoms with E-state index in [-0.39, 0.29) is 33.5 Å². The van der Waals surface area contributed by atoms with Crippen molar-refractivity contribution in [2.45, 2.75) is 48.5 Å². The molecule has 0 radical (unpaired) electrons. The highest BCUT2D eigenvalue weighted by atomic mass is 32.2. The van der Waals surface area contributed by atoms with Gasteiger partial charge in [-0.25, -0.2) is 8.42 Å². The van der Waals surface area contributed by atoms with Gasteiger partial charge in [-0.2, -0.15) is 0 Å². The number of nitrogens with zero attached hydrogens (tertiary/aromatic N) is 3. The molecule has 8 rings (SSSR count). The van der Waals surface area contributed by atoms with Crippen molar-refractivity contribution in [2.24, 2.45) is 5.92 Å². The number of amides is 1. The lowest BCUT2D eigenvalue weighted by molar-refractivity contribution is 0.0756. The number of ether oxygens (including phenoxy) is 2. The minimum atomic E-state index is -4.25. The molecule has 4 fully saturated rings.